The fourth-order valence-corrected chi connectivity index (χ4v) is 3.30. The molecule has 0 bridgehead atoms. The third kappa shape index (κ3) is 4.80. The zero-order chi connectivity index (χ0) is 17.6. The Bertz CT molecular complexity index is 848. The van der Waals surface area contributed by atoms with Crippen molar-refractivity contribution >= 4 is 34.1 Å². The average molecular weight is 375 g/mol. The Morgan fingerprint density at radius 1 is 1.40 bits per heavy atom. The van der Waals surface area contributed by atoms with Crippen molar-refractivity contribution < 1.29 is 9.53 Å². The predicted molar refractivity (Wildman–Crippen MR) is 98.0 cm³/mol. The number of hydrogen-bond donors (Lipinski definition) is 1. The first-order chi connectivity index (χ1) is 12.1. The van der Waals surface area contributed by atoms with Crippen molar-refractivity contribution in [2.75, 3.05) is 11.1 Å². The number of rotatable bonds is 7. The number of aryl methyl sites for hydroxylation is 1. The number of hydrogen-bond acceptors (Lipinski definition) is 7. The van der Waals surface area contributed by atoms with Crippen LogP contribution in [-0.2, 0) is 18.4 Å². The normalized spacial score (nSPS) is 10.6. The Hall–Kier alpha value is -2.39. The van der Waals surface area contributed by atoms with Gasteiger partial charge in [-0.25, -0.2) is 4.98 Å². The molecule has 0 saturated carbocycles. The highest BCUT2D eigenvalue weighted by atomic mass is 32.2. The molecular formula is C16H17N5O2S2. The van der Waals surface area contributed by atoms with Gasteiger partial charge in [0.1, 0.15) is 12.4 Å². The molecule has 0 spiro atoms. The van der Waals surface area contributed by atoms with Gasteiger partial charge in [-0.15, -0.1) is 21.5 Å². The van der Waals surface area contributed by atoms with Crippen LogP contribution < -0.4 is 10.1 Å². The first-order valence-corrected chi connectivity index (χ1v) is 9.38. The first-order valence-electron chi connectivity index (χ1n) is 7.51. The molecule has 3 aromatic rings. The van der Waals surface area contributed by atoms with Crippen LogP contribution in [-0.4, -0.2) is 31.4 Å². The van der Waals surface area contributed by atoms with Crippen molar-refractivity contribution in [3.05, 3.63) is 47.2 Å². The van der Waals surface area contributed by atoms with Crippen LogP contribution in [0.2, 0.25) is 0 Å². The van der Waals surface area contributed by atoms with Crippen LogP contribution in [0.25, 0.3) is 0 Å². The van der Waals surface area contributed by atoms with Gasteiger partial charge in [0.25, 0.3) is 0 Å². The minimum Gasteiger partial charge on any atom is -0.486 e. The van der Waals surface area contributed by atoms with Crippen molar-refractivity contribution in [2.45, 2.75) is 18.7 Å². The first kappa shape index (κ1) is 17.4. The van der Waals surface area contributed by atoms with Crippen molar-refractivity contribution in [2.24, 2.45) is 7.05 Å². The van der Waals surface area contributed by atoms with Gasteiger partial charge in [0.2, 0.25) is 5.91 Å². The molecule has 0 aliphatic rings. The van der Waals surface area contributed by atoms with E-state index in [2.05, 4.69) is 20.5 Å². The van der Waals surface area contributed by atoms with Crippen LogP contribution >= 0.6 is 23.1 Å². The molecule has 0 unspecified atom stereocenters. The molecule has 0 saturated heterocycles. The standard InChI is InChI=1S/C16H17N5O2S2/c1-11-4-3-5-12(8-11)23-9-13-19-20-16(21(13)2)25-10-14(22)18-15-17-6-7-24-15/h3-8H,9-10H2,1-2H3,(H,17,18,22). The number of carbonyl (C=O) groups excluding carboxylic acids is 1. The number of carbonyl (C=O) groups is 1. The molecule has 0 aliphatic heterocycles. The lowest BCUT2D eigenvalue weighted by Gasteiger charge is -2.07. The van der Waals surface area contributed by atoms with Gasteiger partial charge in [-0.3, -0.25) is 4.79 Å². The highest BCUT2D eigenvalue weighted by molar-refractivity contribution is 7.99. The van der Waals surface area contributed by atoms with Crippen molar-refractivity contribution in [1.29, 1.82) is 0 Å². The molecule has 1 aromatic carbocycles. The highest BCUT2D eigenvalue weighted by Gasteiger charge is 2.12. The Kier molecular flexibility index (Phi) is 5.67. The largest absolute Gasteiger partial charge is 0.486 e. The second kappa shape index (κ2) is 8.13. The molecule has 0 fully saturated rings. The maximum Gasteiger partial charge on any atom is 0.236 e. The minimum absolute atomic E-state index is 0.125. The average Bonchev–Trinajstić information content (AvgIpc) is 3.21. The summed E-state index contributed by atoms with van der Waals surface area (Å²) in [5.74, 6) is 1.61. The predicted octanol–water partition coefficient (Wildman–Crippen LogP) is 2.89. The molecular weight excluding hydrogens is 358 g/mol. The number of nitrogens with zero attached hydrogens (tertiary/aromatic N) is 4. The number of thioether (sulfide) groups is 1. The molecule has 25 heavy (non-hydrogen) atoms. The lowest BCUT2D eigenvalue weighted by Crippen LogP contribution is -2.14. The van der Waals surface area contributed by atoms with Crippen LogP contribution in [0, 0.1) is 6.92 Å². The summed E-state index contributed by atoms with van der Waals surface area (Å²) >= 11 is 2.70. The maximum absolute atomic E-state index is 11.9. The van der Waals surface area contributed by atoms with E-state index in [-0.39, 0.29) is 11.7 Å². The number of nitrogens with one attached hydrogen (secondary N) is 1. The SMILES string of the molecule is Cc1cccc(OCc2nnc(SCC(=O)Nc3nccs3)n2C)c1. The van der Waals surface area contributed by atoms with E-state index in [1.165, 1.54) is 23.1 Å². The molecule has 3 rings (SSSR count). The van der Waals surface area contributed by atoms with Crippen LogP contribution in [0.3, 0.4) is 0 Å². The molecule has 1 N–H and O–H groups in total. The third-order valence-corrected chi connectivity index (χ3v) is 5.00. The number of benzene rings is 1. The van der Waals surface area contributed by atoms with E-state index in [1.807, 2.05) is 48.2 Å². The van der Waals surface area contributed by atoms with Gasteiger partial charge in [0.15, 0.2) is 16.1 Å². The molecule has 2 aromatic heterocycles. The molecule has 7 nitrogen and oxygen atoms in total. The van der Waals surface area contributed by atoms with Gasteiger partial charge < -0.3 is 14.6 Å². The molecule has 2 heterocycles. The van der Waals surface area contributed by atoms with Crippen LogP contribution in [0.4, 0.5) is 5.13 Å². The summed E-state index contributed by atoms with van der Waals surface area (Å²) in [6.45, 7) is 2.33. The summed E-state index contributed by atoms with van der Waals surface area (Å²) in [6, 6.07) is 7.83. The monoisotopic (exact) mass is 375 g/mol. The number of ether oxygens (including phenoxy) is 1. The number of thiazole rings is 1. The van der Waals surface area contributed by atoms with Gasteiger partial charge in [0.05, 0.1) is 5.75 Å². The summed E-state index contributed by atoms with van der Waals surface area (Å²) < 4.78 is 7.57. The second-order valence-corrected chi connectivity index (χ2v) is 7.07. The van der Waals surface area contributed by atoms with E-state index >= 15 is 0 Å². The molecule has 130 valence electrons. The third-order valence-electron chi connectivity index (χ3n) is 3.29. The minimum atomic E-state index is -0.125. The van der Waals surface area contributed by atoms with E-state index in [0.29, 0.717) is 22.7 Å². The van der Waals surface area contributed by atoms with Gasteiger partial charge in [-0.05, 0) is 24.6 Å². The Balaban J connectivity index is 1.53. The maximum atomic E-state index is 11.9. The lowest BCUT2D eigenvalue weighted by atomic mass is 10.2. The Morgan fingerprint density at radius 3 is 3.04 bits per heavy atom. The van der Waals surface area contributed by atoms with Crippen LogP contribution in [0.15, 0.2) is 41.0 Å². The summed E-state index contributed by atoms with van der Waals surface area (Å²) in [4.78, 5) is 15.9. The second-order valence-electron chi connectivity index (χ2n) is 5.24. The van der Waals surface area contributed by atoms with Crippen LogP contribution in [0.1, 0.15) is 11.4 Å². The summed E-state index contributed by atoms with van der Waals surface area (Å²) in [6.07, 6.45) is 1.65. The zero-order valence-electron chi connectivity index (χ0n) is 13.8. The quantitative estimate of drug-likeness (QED) is 0.640. The summed E-state index contributed by atoms with van der Waals surface area (Å²) in [5.41, 5.74) is 1.14. The zero-order valence-corrected chi connectivity index (χ0v) is 15.4. The number of aromatic nitrogens is 4. The lowest BCUT2D eigenvalue weighted by molar-refractivity contribution is -0.113. The molecule has 1 amide bonds. The molecule has 9 heteroatoms. The summed E-state index contributed by atoms with van der Waals surface area (Å²) in [5, 5.41) is 14.1. The fourth-order valence-electron chi connectivity index (χ4n) is 2.02. The fraction of sp³-hybridized carbons (Fsp3) is 0.250. The van der Waals surface area contributed by atoms with E-state index < -0.39 is 0 Å². The van der Waals surface area contributed by atoms with Gasteiger partial charge >= 0.3 is 0 Å². The van der Waals surface area contributed by atoms with Crippen molar-refractivity contribution in [1.82, 2.24) is 19.7 Å². The summed E-state index contributed by atoms with van der Waals surface area (Å²) in [7, 11) is 1.86. The van der Waals surface area contributed by atoms with Gasteiger partial charge in [-0.2, -0.15) is 0 Å². The van der Waals surface area contributed by atoms with E-state index in [0.717, 1.165) is 11.3 Å². The number of amides is 1. The van der Waals surface area contributed by atoms with Crippen molar-refractivity contribution in [3.8, 4) is 5.75 Å². The Labute approximate surface area is 153 Å². The van der Waals surface area contributed by atoms with Gasteiger partial charge in [0, 0.05) is 18.6 Å². The highest BCUT2D eigenvalue weighted by Crippen LogP contribution is 2.19. The topological polar surface area (TPSA) is 81.9 Å². The number of anilines is 1. The van der Waals surface area contributed by atoms with Crippen LogP contribution in [0.5, 0.6) is 5.75 Å². The van der Waals surface area contributed by atoms with E-state index in [1.54, 1.807) is 6.20 Å². The van der Waals surface area contributed by atoms with Gasteiger partial charge in [-0.1, -0.05) is 23.9 Å². The smallest absolute Gasteiger partial charge is 0.236 e. The molecule has 0 radical (unpaired) electrons. The Morgan fingerprint density at radius 2 is 2.28 bits per heavy atom. The molecule has 0 aliphatic carbocycles. The molecule has 0 atom stereocenters. The van der Waals surface area contributed by atoms with E-state index in [4.69, 9.17) is 4.74 Å². The van der Waals surface area contributed by atoms with E-state index in [9.17, 15) is 4.79 Å². The van der Waals surface area contributed by atoms with Crippen molar-refractivity contribution in [3.63, 3.8) is 0 Å².